The molecule has 4 heteroatoms. The lowest BCUT2D eigenvalue weighted by Crippen LogP contribution is -2.34. The van der Waals surface area contributed by atoms with Gasteiger partial charge in [-0.2, -0.15) is 0 Å². The normalized spacial score (nSPS) is 19.7. The molecule has 0 amide bonds. The van der Waals surface area contributed by atoms with Gasteiger partial charge in [0.25, 0.3) is 0 Å². The predicted molar refractivity (Wildman–Crippen MR) is 69.9 cm³/mol. The van der Waals surface area contributed by atoms with Crippen LogP contribution in [0.3, 0.4) is 0 Å². The highest BCUT2D eigenvalue weighted by Gasteiger charge is 2.03. The molecule has 1 aliphatic heterocycles. The second-order valence-electron chi connectivity index (χ2n) is 4.51. The SMILES string of the molecule is CCCCCc1cccc(CC2[N-]NNN2)c1. The third kappa shape index (κ3) is 4.09. The zero-order valence-corrected chi connectivity index (χ0v) is 10.4. The van der Waals surface area contributed by atoms with Crippen LogP contribution in [0.5, 0.6) is 0 Å². The molecule has 1 aliphatic rings. The van der Waals surface area contributed by atoms with Crippen molar-refractivity contribution in [3.63, 3.8) is 0 Å². The molecule has 0 radical (unpaired) electrons. The Hall–Kier alpha value is -0.940. The van der Waals surface area contributed by atoms with Crippen molar-refractivity contribution in [3.8, 4) is 0 Å². The summed E-state index contributed by atoms with van der Waals surface area (Å²) in [4.78, 5) is 0. The molecule has 0 bridgehead atoms. The number of unbranched alkanes of at least 4 members (excludes halogenated alkanes) is 2. The third-order valence-corrected chi connectivity index (χ3v) is 3.00. The van der Waals surface area contributed by atoms with E-state index < -0.39 is 0 Å². The highest BCUT2D eigenvalue weighted by Crippen LogP contribution is 2.12. The van der Waals surface area contributed by atoms with Crippen LogP contribution in [0.15, 0.2) is 24.3 Å². The summed E-state index contributed by atoms with van der Waals surface area (Å²) < 4.78 is 0. The molecule has 0 saturated carbocycles. The molecule has 1 unspecified atom stereocenters. The first-order chi connectivity index (χ1) is 8.38. The van der Waals surface area contributed by atoms with Crippen molar-refractivity contribution in [3.05, 3.63) is 40.8 Å². The van der Waals surface area contributed by atoms with Gasteiger partial charge in [0.05, 0.1) is 0 Å². The van der Waals surface area contributed by atoms with E-state index in [-0.39, 0.29) is 6.17 Å². The molecule has 1 aromatic rings. The number of hydrogen-bond donors (Lipinski definition) is 3. The number of rotatable bonds is 6. The first kappa shape index (κ1) is 12.5. The van der Waals surface area contributed by atoms with Gasteiger partial charge in [-0.25, -0.2) is 5.53 Å². The van der Waals surface area contributed by atoms with Crippen LogP contribution in [-0.2, 0) is 12.8 Å². The van der Waals surface area contributed by atoms with Crippen LogP contribution in [0, 0.1) is 0 Å². The van der Waals surface area contributed by atoms with Gasteiger partial charge in [-0.15, -0.1) is 0 Å². The fourth-order valence-electron chi connectivity index (χ4n) is 2.07. The van der Waals surface area contributed by atoms with Crippen molar-refractivity contribution >= 4 is 0 Å². The molecule has 1 heterocycles. The van der Waals surface area contributed by atoms with Gasteiger partial charge in [-0.1, -0.05) is 50.2 Å². The molecule has 1 aromatic carbocycles. The maximum atomic E-state index is 4.16. The molecule has 1 atom stereocenters. The second kappa shape index (κ2) is 6.71. The van der Waals surface area contributed by atoms with E-state index >= 15 is 0 Å². The van der Waals surface area contributed by atoms with Gasteiger partial charge in [0, 0.05) is 0 Å². The van der Waals surface area contributed by atoms with Crippen LogP contribution in [0.25, 0.3) is 5.43 Å². The summed E-state index contributed by atoms with van der Waals surface area (Å²) in [6.45, 7) is 2.24. The smallest absolute Gasteiger partial charge is 0.0279 e. The van der Waals surface area contributed by atoms with E-state index in [4.69, 9.17) is 0 Å². The molecular formula is C13H21N4-. The summed E-state index contributed by atoms with van der Waals surface area (Å²) in [5.41, 5.74) is 15.5. The molecule has 3 N–H and O–H groups in total. The monoisotopic (exact) mass is 233 g/mol. The maximum Gasteiger partial charge on any atom is -0.0279 e. The van der Waals surface area contributed by atoms with E-state index in [1.54, 1.807) is 0 Å². The van der Waals surface area contributed by atoms with Crippen LogP contribution in [0.2, 0.25) is 0 Å². The Morgan fingerprint density at radius 1 is 1.24 bits per heavy atom. The highest BCUT2D eigenvalue weighted by atomic mass is 15.8. The zero-order chi connectivity index (χ0) is 11.9. The highest BCUT2D eigenvalue weighted by molar-refractivity contribution is 5.25. The van der Waals surface area contributed by atoms with E-state index in [9.17, 15) is 0 Å². The Morgan fingerprint density at radius 2 is 2.12 bits per heavy atom. The lowest BCUT2D eigenvalue weighted by atomic mass is 10.0. The number of benzene rings is 1. The Labute approximate surface area is 103 Å². The van der Waals surface area contributed by atoms with Crippen LogP contribution in [0.1, 0.15) is 37.3 Å². The molecular weight excluding hydrogens is 212 g/mol. The zero-order valence-electron chi connectivity index (χ0n) is 10.4. The van der Waals surface area contributed by atoms with E-state index in [1.807, 2.05) is 0 Å². The number of hydrogen-bond acceptors (Lipinski definition) is 3. The number of nitrogens with one attached hydrogen (secondary N) is 3. The molecule has 1 saturated heterocycles. The molecule has 0 aliphatic carbocycles. The number of hydrazine groups is 2. The summed E-state index contributed by atoms with van der Waals surface area (Å²) >= 11 is 0. The summed E-state index contributed by atoms with van der Waals surface area (Å²) in [7, 11) is 0. The Balaban J connectivity index is 1.86. The van der Waals surface area contributed by atoms with E-state index in [2.05, 4.69) is 53.1 Å². The third-order valence-electron chi connectivity index (χ3n) is 3.00. The lowest BCUT2D eigenvalue weighted by molar-refractivity contribution is 0.541. The Kier molecular flexibility index (Phi) is 4.94. The summed E-state index contributed by atoms with van der Waals surface area (Å²) in [6, 6.07) is 8.82. The number of nitrogens with zero attached hydrogens (tertiary/aromatic N) is 1. The maximum absolute atomic E-state index is 4.16. The van der Waals surface area contributed by atoms with Crippen LogP contribution >= 0.6 is 0 Å². The average molecular weight is 233 g/mol. The van der Waals surface area contributed by atoms with Crippen LogP contribution in [-0.4, -0.2) is 6.17 Å². The van der Waals surface area contributed by atoms with E-state index in [1.165, 1.54) is 36.8 Å². The second-order valence-corrected chi connectivity index (χ2v) is 4.51. The predicted octanol–water partition coefficient (Wildman–Crippen LogP) is 2.19. The van der Waals surface area contributed by atoms with E-state index in [0.717, 1.165) is 6.42 Å². The molecule has 1 fully saturated rings. The van der Waals surface area contributed by atoms with Gasteiger partial charge in [0.2, 0.25) is 0 Å². The van der Waals surface area contributed by atoms with Crippen molar-refractivity contribution in [2.24, 2.45) is 0 Å². The van der Waals surface area contributed by atoms with E-state index in [0.29, 0.717) is 0 Å². The number of aryl methyl sites for hydroxylation is 1. The van der Waals surface area contributed by atoms with Crippen molar-refractivity contribution < 1.29 is 0 Å². The van der Waals surface area contributed by atoms with Gasteiger partial charge in [-0.05, 0) is 30.4 Å². The van der Waals surface area contributed by atoms with Gasteiger partial charge >= 0.3 is 0 Å². The average Bonchev–Trinajstić information content (AvgIpc) is 2.83. The Morgan fingerprint density at radius 3 is 2.88 bits per heavy atom. The van der Waals surface area contributed by atoms with Gasteiger partial charge < -0.3 is 11.0 Å². The fraction of sp³-hybridized carbons (Fsp3) is 0.538. The van der Waals surface area contributed by atoms with Crippen LogP contribution in [0.4, 0.5) is 0 Å². The Bertz CT molecular complexity index is 334. The molecule has 94 valence electrons. The van der Waals surface area contributed by atoms with Crippen molar-refractivity contribution in [2.45, 2.75) is 45.2 Å². The summed E-state index contributed by atoms with van der Waals surface area (Å²) in [5, 5.41) is 0. The lowest BCUT2D eigenvalue weighted by Gasteiger charge is -2.20. The minimum Gasteiger partial charge on any atom is -0.565 e. The van der Waals surface area contributed by atoms with Crippen LogP contribution < -0.4 is 16.5 Å². The van der Waals surface area contributed by atoms with Gasteiger partial charge in [0.1, 0.15) is 0 Å². The minimum atomic E-state index is 0.126. The van der Waals surface area contributed by atoms with Gasteiger partial charge in [0.15, 0.2) is 0 Å². The summed E-state index contributed by atoms with van der Waals surface area (Å²) in [5.74, 6) is 0. The minimum absolute atomic E-state index is 0.126. The quantitative estimate of drug-likeness (QED) is 0.660. The molecule has 17 heavy (non-hydrogen) atoms. The van der Waals surface area contributed by atoms with Crippen molar-refractivity contribution in [1.82, 2.24) is 16.5 Å². The largest absolute Gasteiger partial charge is 0.565 e. The van der Waals surface area contributed by atoms with Crippen molar-refractivity contribution in [2.75, 3.05) is 0 Å². The summed E-state index contributed by atoms with van der Waals surface area (Å²) in [6.07, 6.45) is 6.12. The molecule has 2 rings (SSSR count). The fourth-order valence-corrected chi connectivity index (χ4v) is 2.07. The molecule has 4 nitrogen and oxygen atoms in total. The topological polar surface area (TPSA) is 50.2 Å². The standard InChI is InChI=1S/C13H21N4/c1-2-3-4-6-11-7-5-8-12(9-11)10-13-14-16-17-15-13/h5,7-9,13-14,16-17H,2-4,6,10H2,1H3/q-1. The van der Waals surface area contributed by atoms with Gasteiger partial charge in [-0.3, -0.25) is 5.43 Å². The molecule has 0 spiro atoms. The van der Waals surface area contributed by atoms with Crippen molar-refractivity contribution in [1.29, 1.82) is 0 Å². The first-order valence-corrected chi connectivity index (χ1v) is 6.41. The molecule has 0 aromatic heterocycles. The first-order valence-electron chi connectivity index (χ1n) is 6.41.